The van der Waals surface area contributed by atoms with Crippen LogP contribution in [0.25, 0.3) is 0 Å². The molecule has 0 fully saturated rings. The topological polar surface area (TPSA) is 188 Å². The van der Waals surface area contributed by atoms with Crippen molar-refractivity contribution >= 4 is 52.4 Å². The Morgan fingerprint density at radius 1 is 1.05 bits per heavy atom. The number of carbonyl (C=O) groups is 4. The lowest BCUT2D eigenvalue weighted by Crippen LogP contribution is -2.36. The predicted octanol–water partition coefficient (Wildman–Crippen LogP) is 4.76. The highest BCUT2D eigenvalue weighted by molar-refractivity contribution is 7.14. The zero-order valence-corrected chi connectivity index (χ0v) is 23.9. The van der Waals surface area contributed by atoms with Crippen LogP contribution in [-0.2, 0) is 29.0 Å². The number of aryl methyl sites for hydroxylation is 1. The van der Waals surface area contributed by atoms with Crippen LogP contribution >= 0.6 is 22.9 Å². The number of hydrogen-bond acceptors (Lipinski definition) is 7. The highest BCUT2D eigenvalue weighted by Crippen LogP contribution is 2.33. The molecule has 2 aromatic carbocycles. The summed E-state index contributed by atoms with van der Waals surface area (Å²) in [6.07, 6.45) is -0.919. The molecular formula is C28H26ClF3N4O6S. The van der Waals surface area contributed by atoms with Crippen molar-refractivity contribution in [1.82, 2.24) is 0 Å². The lowest BCUT2D eigenvalue weighted by atomic mass is 9.95. The van der Waals surface area contributed by atoms with Gasteiger partial charge in [-0.25, -0.2) is 4.79 Å². The van der Waals surface area contributed by atoms with E-state index in [-0.39, 0.29) is 0 Å². The first-order valence-electron chi connectivity index (χ1n) is 12.4. The number of anilines is 1. The lowest BCUT2D eigenvalue weighted by Gasteiger charge is -2.22. The molecule has 0 bridgehead atoms. The Kier molecular flexibility index (Phi) is 12.7. The van der Waals surface area contributed by atoms with Gasteiger partial charge in [0, 0.05) is 17.0 Å². The summed E-state index contributed by atoms with van der Waals surface area (Å²) in [5.41, 5.74) is 13.9. The van der Waals surface area contributed by atoms with Gasteiger partial charge in [-0.2, -0.15) is 18.4 Å². The van der Waals surface area contributed by atoms with Crippen LogP contribution in [0.4, 0.5) is 18.9 Å². The Hall–Kier alpha value is -4.45. The van der Waals surface area contributed by atoms with Gasteiger partial charge in [-0.3, -0.25) is 19.3 Å². The molecule has 1 aliphatic carbocycles. The van der Waals surface area contributed by atoms with Crippen LogP contribution in [-0.4, -0.2) is 46.7 Å². The van der Waals surface area contributed by atoms with Gasteiger partial charge in [-0.1, -0.05) is 35.9 Å². The maximum absolute atomic E-state index is 12.7. The summed E-state index contributed by atoms with van der Waals surface area (Å²) in [5, 5.41) is 25.5. The Labute approximate surface area is 252 Å². The number of aliphatic carboxylic acids is 2. The minimum absolute atomic E-state index is 0.298. The molecule has 0 aliphatic heterocycles. The fraction of sp³-hybridized carbons (Fsp3) is 0.250. The van der Waals surface area contributed by atoms with Crippen molar-refractivity contribution in [3.63, 3.8) is 0 Å². The molecule has 0 spiro atoms. The monoisotopic (exact) mass is 638 g/mol. The molecule has 1 aromatic heterocycles. The number of halogens is 4. The zero-order chi connectivity index (χ0) is 32.3. The number of alkyl halides is 3. The predicted molar refractivity (Wildman–Crippen MR) is 153 cm³/mol. The van der Waals surface area contributed by atoms with E-state index >= 15 is 0 Å². The number of carbonyl (C=O) groups excluding carboxylic acids is 2. The van der Waals surface area contributed by atoms with E-state index in [1.165, 1.54) is 16.2 Å². The second kappa shape index (κ2) is 15.7. The van der Waals surface area contributed by atoms with Crippen LogP contribution in [0.3, 0.4) is 0 Å². The van der Waals surface area contributed by atoms with E-state index < -0.39 is 36.5 Å². The van der Waals surface area contributed by atoms with E-state index in [2.05, 4.69) is 6.07 Å². The molecule has 1 aliphatic rings. The smallest absolute Gasteiger partial charge is 0.480 e. The third-order valence-corrected chi connectivity index (χ3v) is 7.47. The molecule has 15 heteroatoms. The summed E-state index contributed by atoms with van der Waals surface area (Å²) in [6, 6.07) is 15.5. The molecule has 0 atom stereocenters. The molecule has 43 heavy (non-hydrogen) atoms. The third-order valence-electron chi connectivity index (χ3n) is 5.84. The molecule has 0 unspecified atom stereocenters. The average molecular weight is 639 g/mol. The summed E-state index contributed by atoms with van der Waals surface area (Å²) >= 11 is 7.48. The summed E-state index contributed by atoms with van der Waals surface area (Å²) < 4.78 is 31.7. The largest absolute Gasteiger partial charge is 0.490 e. The van der Waals surface area contributed by atoms with Crippen LogP contribution in [0.15, 0.2) is 48.5 Å². The first-order chi connectivity index (χ1) is 20.2. The number of primary amides is 1. The Morgan fingerprint density at radius 3 is 2.21 bits per heavy atom. The van der Waals surface area contributed by atoms with Gasteiger partial charge in [0.2, 0.25) is 0 Å². The third kappa shape index (κ3) is 9.81. The fourth-order valence-electron chi connectivity index (χ4n) is 3.92. The van der Waals surface area contributed by atoms with E-state index in [9.17, 15) is 27.6 Å². The molecule has 4 rings (SSSR count). The Balaban J connectivity index is 0.000000261. The highest BCUT2D eigenvalue weighted by Gasteiger charge is 2.38. The quantitative estimate of drug-likeness (QED) is 0.297. The van der Waals surface area contributed by atoms with E-state index in [1.807, 2.05) is 0 Å². The summed E-state index contributed by atoms with van der Waals surface area (Å²) in [5.74, 6) is -4.79. The average Bonchev–Trinajstić information content (AvgIpc) is 3.35. The van der Waals surface area contributed by atoms with Gasteiger partial charge in [-0.15, -0.1) is 11.3 Å². The van der Waals surface area contributed by atoms with Gasteiger partial charge in [0.25, 0.3) is 11.8 Å². The number of nitrogens with two attached hydrogens (primary N) is 2. The lowest BCUT2D eigenvalue weighted by molar-refractivity contribution is -0.192. The van der Waals surface area contributed by atoms with Crippen molar-refractivity contribution in [3.8, 4) is 6.07 Å². The SMILES string of the molecule is N#Cc1c(C(N)=O)sc2c1CCCC2.NCc1cccc(C(=O)N(CC(=O)O)c2ccccc2Cl)c1.O=C(O)C(F)(F)F. The number of benzene rings is 2. The van der Waals surface area contributed by atoms with Crippen LogP contribution in [0.2, 0.25) is 5.02 Å². The van der Waals surface area contributed by atoms with Crippen LogP contribution in [0, 0.1) is 11.3 Å². The Morgan fingerprint density at radius 2 is 1.67 bits per heavy atom. The van der Waals surface area contributed by atoms with Crippen molar-refractivity contribution in [2.75, 3.05) is 11.4 Å². The molecule has 6 N–H and O–H groups in total. The molecule has 0 saturated heterocycles. The first-order valence-corrected chi connectivity index (χ1v) is 13.6. The van der Waals surface area contributed by atoms with Gasteiger partial charge >= 0.3 is 18.1 Å². The highest BCUT2D eigenvalue weighted by atomic mass is 35.5. The Bertz CT molecular complexity index is 1540. The van der Waals surface area contributed by atoms with Gasteiger partial charge in [0.1, 0.15) is 17.5 Å². The summed E-state index contributed by atoms with van der Waals surface area (Å²) in [4.78, 5) is 46.5. The molecule has 228 valence electrons. The maximum atomic E-state index is 12.7. The number of carboxylic acid groups (broad SMARTS) is 2. The minimum atomic E-state index is -5.08. The van der Waals surface area contributed by atoms with Crippen LogP contribution < -0.4 is 16.4 Å². The molecule has 0 saturated carbocycles. The molecule has 1 heterocycles. The van der Waals surface area contributed by atoms with Gasteiger partial charge in [0.05, 0.1) is 16.3 Å². The standard InChI is InChI=1S/C16H15ClN2O3.C10H10N2OS.C2HF3O2/c17-13-6-1-2-7-14(13)19(10-15(20)21)16(22)12-5-3-4-11(8-12)9-18;11-5-7-6-3-1-2-4-8(6)14-9(7)10(12)13;3-2(4,5)1(6)7/h1-8H,9-10,18H2,(H,20,21);1-4H2,(H2,12,13);(H,6,7). The number of amides is 2. The van der Waals surface area contributed by atoms with E-state index in [0.29, 0.717) is 33.3 Å². The minimum Gasteiger partial charge on any atom is -0.480 e. The maximum Gasteiger partial charge on any atom is 0.490 e. The molecule has 2 amide bonds. The van der Waals surface area contributed by atoms with E-state index in [4.69, 9.17) is 43.3 Å². The number of carboxylic acids is 2. The second-order valence-electron chi connectivity index (χ2n) is 8.83. The number of rotatable bonds is 6. The van der Waals surface area contributed by atoms with Gasteiger partial charge in [-0.05, 0) is 61.1 Å². The van der Waals surface area contributed by atoms with Gasteiger partial charge < -0.3 is 21.7 Å². The number of hydrogen-bond donors (Lipinski definition) is 4. The van der Waals surface area contributed by atoms with E-state index in [0.717, 1.165) is 41.7 Å². The fourth-order valence-corrected chi connectivity index (χ4v) is 5.35. The number of para-hydroxylation sites is 1. The second-order valence-corrected chi connectivity index (χ2v) is 10.3. The number of fused-ring (bicyclic) bond motifs is 1. The van der Waals surface area contributed by atoms with Crippen molar-refractivity contribution in [1.29, 1.82) is 5.26 Å². The molecular weight excluding hydrogens is 613 g/mol. The van der Waals surface area contributed by atoms with Crippen molar-refractivity contribution in [2.24, 2.45) is 11.5 Å². The molecule has 0 radical (unpaired) electrons. The molecule has 10 nitrogen and oxygen atoms in total. The summed E-state index contributed by atoms with van der Waals surface area (Å²) in [7, 11) is 0. The zero-order valence-electron chi connectivity index (χ0n) is 22.4. The first kappa shape index (κ1) is 34.7. The van der Waals surface area contributed by atoms with E-state index in [1.54, 1.807) is 48.5 Å². The van der Waals surface area contributed by atoms with Gasteiger partial charge in [0.15, 0.2) is 0 Å². The molecule has 3 aromatic rings. The number of nitriles is 1. The van der Waals surface area contributed by atoms with Crippen LogP contribution in [0.1, 0.15) is 54.4 Å². The van der Waals surface area contributed by atoms with Crippen molar-refractivity contribution < 1.29 is 42.6 Å². The summed E-state index contributed by atoms with van der Waals surface area (Å²) in [6.45, 7) is -0.179. The normalized spacial score (nSPS) is 11.8. The number of nitrogens with zero attached hydrogens (tertiary/aromatic N) is 2. The van der Waals surface area contributed by atoms with Crippen LogP contribution in [0.5, 0.6) is 0 Å². The van der Waals surface area contributed by atoms with Crippen molar-refractivity contribution in [3.05, 3.63) is 85.6 Å². The van der Waals surface area contributed by atoms with Crippen molar-refractivity contribution in [2.45, 2.75) is 38.4 Å². The number of thiophene rings is 1.